The number of hydrogen-bond acceptors (Lipinski definition) is 6. The molecule has 2 aromatic heterocycles. The van der Waals surface area contributed by atoms with Gasteiger partial charge in [0.25, 0.3) is 5.56 Å². The smallest absolute Gasteiger partial charge is 0.277 e. The Bertz CT molecular complexity index is 1880. The van der Waals surface area contributed by atoms with Gasteiger partial charge in [0.15, 0.2) is 5.16 Å². The van der Waals surface area contributed by atoms with E-state index < -0.39 is 0 Å². The van der Waals surface area contributed by atoms with E-state index in [0.29, 0.717) is 34.6 Å². The first-order valence-electron chi connectivity index (χ1n) is 16.6. The Morgan fingerprint density at radius 3 is 2.33 bits per heavy atom. The van der Waals surface area contributed by atoms with E-state index in [9.17, 15) is 14.0 Å². The van der Waals surface area contributed by atoms with Crippen molar-refractivity contribution in [2.75, 3.05) is 26.2 Å². The van der Waals surface area contributed by atoms with E-state index in [1.54, 1.807) is 35.3 Å². The molecule has 3 heterocycles. The summed E-state index contributed by atoms with van der Waals surface area (Å²) in [5.74, 6) is -0.174. The third kappa shape index (κ3) is 9.26. The number of carbonyl (C=O) groups excluding carboxylic acids is 1. The number of aromatic nitrogens is 4. The quantitative estimate of drug-likeness (QED) is 0.102. The van der Waals surface area contributed by atoms with Gasteiger partial charge in [-0.3, -0.25) is 14.7 Å². The van der Waals surface area contributed by atoms with E-state index in [1.165, 1.54) is 43.2 Å². The van der Waals surface area contributed by atoms with Crippen LogP contribution in [-0.2, 0) is 23.6 Å². The SMILES string of the molecule is CC(c1cn[nH]c1)c1cn(CC(=O)N(CCN2CCCCC2)Cc2ccc(-c3ccc(Cl)cc3)cc2)c(SCc2ccc(F)cc2)nc1=O. The lowest BCUT2D eigenvalue weighted by molar-refractivity contribution is -0.132. The van der Waals surface area contributed by atoms with Crippen LogP contribution in [0.25, 0.3) is 11.1 Å². The maximum atomic E-state index is 14.3. The lowest BCUT2D eigenvalue weighted by Gasteiger charge is -2.30. The van der Waals surface area contributed by atoms with Crippen molar-refractivity contribution >= 4 is 29.3 Å². The van der Waals surface area contributed by atoms with Crippen molar-refractivity contribution in [2.24, 2.45) is 0 Å². The summed E-state index contributed by atoms with van der Waals surface area (Å²) < 4.78 is 15.3. The van der Waals surface area contributed by atoms with Crippen molar-refractivity contribution in [1.29, 1.82) is 0 Å². The molecule has 8 nitrogen and oxygen atoms in total. The normalized spacial score (nSPS) is 14.1. The monoisotopic (exact) mass is 698 g/mol. The van der Waals surface area contributed by atoms with Crippen LogP contribution < -0.4 is 5.56 Å². The van der Waals surface area contributed by atoms with E-state index in [-0.39, 0.29) is 29.7 Å². The number of piperidine rings is 1. The van der Waals surface area contributed by atoms with Crippen LogP contribution in [0.15, 0.2) is 101 Å². The van der Waals surface area contributed by atoms with Crippen LogP contribution in [-0.4, -0.2) is 61.6 Å². The predicted molar refractivity (Wildman–Crippen MR) is 193 cm³/mol. The predicted octanol–water partition coefficient (Wildman–Crippen LogP) is 7.38. The molecule has 1 saturated heterocycles. The second kappa shape index (κ2) is 16.4. The minimum absolute atomic E-state index is 0.0208. The minimum Gasteiger partial charge on any atom is -0.336 e. The fourth-order valence-corrected chi connectivity index (χ4v) is 7.12. The standard InChI is InChI=1S/C38H40ClFN6O2S/c1-27(32-21-41-42-22-32)35-24-46(38(43-37(35)48)49-26-29-7-15-34(40)16-8-29)25-36(47)45(20-19-44-17-3-2-4-18-44)23-28-5-9-30(10-6-28)31-11-13-33(39)14-12-31/h5-16,21-22,24,27H,2-4,17-20,23,25-26H2,1H3,(H,41,42). The molecule has 0 spiro atoms. The van der Waals surface area contributed by atoms with E-state index in [2.05, 4.69) is 44.3 Å². The molecule has 6 rings (SSSR count). The zero-order chi connectivity index (χ0) is 34.2. The maximum Gasteiger partial charge on any atom is 0.277 e. The number of H-pyrrole nitrogens is 1. The van der Waals surface area contributed by atoms with Gasteiger partial charge in [-0.2, -0.15) is 10.1 Å². The fourth-order valence-electron chi connectivity index (χ4n) is 6.07. The minimum atomic E-state index is -0.346. The summed E-state index contributed by atoms with van der Waals surface area (Å²) in [4.78, 5) is 36.4. The van der Waals surface area contributed by atoms with Crippen LogP contribution in [0, 0.1) is 5.82 Å². The average Bonchev–Trinajstić information content (AvgIpc) is 3.67. The third-order valence-electron chi connectivity index (χ3n) is 9.05. The lowest BCUT2D eigenvalue weighted by atomic mass is 9.98. The first kappa shape index (κ1) is 34.6. The molecular formula is C38H40ClFN6O2S. The molecule has 1 aliphatic rings. The van der Waals surface area contributed by atoms with Crippen LogP contribution in [0.4, 0.5) is 4.39 Å². The van der Waals surface area contributed by atoms with Gasteiger partial charge in [0.2, 0.25) is 5.91 Å². The largest absolute Gasteiger partial charge is 0.336 e. The second-order valence-corrected chi connectivity index (χ2v) is 13.9. The summed E-state index contributed by atoms with van der Waals surface area (Å²) in [6.45, 7) is 5.87. The highest BCUT2D eigenvalue weighted by atomic mass is 35.5. The van der Waals surface area contributed by atoms with Crippen molar-refractivity contribution in [2.45, 2.75) is 56.1 Å². The summed E-state index contributed by atoms with van der Waals surface area (Å²) in [6, 6.07) is 22.3. The highest BCUT2D eigenvalue weighted by Gasteiger charge is 2.22. The van der Waals surface area contributed by atoms with Gasteiger partial charge in [0.05, 0.1) is 6.20 Å². The van der Waals surface area contributed by atoms with Crippen LogP contribution in [0.3, 0.4) is 0 Å². The van der Waals surface area contributed by atoms with Gasteiger partial charge in [-0.1, -0.05) is 85.2 Å². The molecule has 11 heteroatoms. The van der Waals surface area contributed by atoms with Gasteiger partial charge < -0.3 is 14.4 Å². The molecular weight excluding hydrogens is 659 g/mol. The molecule has 0 radical (unpaired) electrons. The third-order valence-corrected chi connectivity index (χ3v) is 10.4. The number of aromatic amines is 1. The topological polar surface area (TPSA) is 87.1 Å². The summed E-state index contributed by atoms with van der Waals surface area (Å²) in [6.07, 6.45) is 8.82. The van der Waals surface area contributed by atoms with Crippen molar-refractivity contribution < 1.29 is 9.18 Å². The Labute approximate surface area is 295 Å². The van der Waals surface area contributed by atoms with Crippen molar-refractivity contribution in [3.8, 4) is 11.1 Å². The molecule has 3 aromatic carbocycles. The zero-order valence-electron chi connectivity index (χ0n) is 27.5. The second-order valence-electron chi connectivity index (χ2n) is 12.5. The molecule has 0 bridgehead atoms. The van der Waals surface area contributed by atoms with E-state index in [1.807, 2.05) is 36.1 Å². The first-order chi connectivity index (χ1) is 23.8. The number of halogens is 2. The number of hydrogen-bond donors (Lipinski definition) is 1. The van der Waals surface area contributed by atoms with Gasteiger partial charge in [-0.05, 0) is 78.0 Å². The molecule has 1 unspecified atom stereocenters. The molecule has 0 saturated carbocycles. The number of nitrogens with zero attached hydrogens (tertiary/aromatic N) is 5. The van der Waals surface area contributed by atoms with Crippen molar-refractivity contribution in [3.05, 3.63) is 135 Å². The van der Waals surface area contributed by atoms with Gasteiger partial charge in [-0.15, -0.1) is 0 Å². The Kier molecular flexibility index (Phi) is 11.6. The van der Waals surface area contributed by atoms with Gasteiger partial charge in [-0.25, -0.2) is 4.39 Å². The van der Waals surface area contributed by atoms with E-state index >= 15 is 0 Å². The van der Waals surface area contributed by atoms with Crippen LogP contribution >= 0.6 is 23.4 Å². The molecule has 1 amide bonds. The number of amides is 1. The lowest BCUT2D eigenvalue weighted by Crippen LogP contribution is -2.41. The highest BCUT2D eigenvalue weighted by Crippen LogP contribution is 2.26. The molecule has 5 aromatic rings. The molecule has 0 aliphatic carbocycles. The number of rotatable bonds is 13. The number of carbonyl (C=O) groups is 1. The summed E-state index contributed by atoms with van der Waals surface area (Å²) in [5.41, 5.74) is 5.06. The molecule has 1 N–H and O–H groups in total. The average molecular weight is 699 g/mol. The summed E-state index contributed by atoms with van der Waals surface area (Å²) in [5, 5.41) is 8.00. The van der Waals surface area contributed by atoms with Crippen LogP contribution in [0.2, 0.25) is 5.02 Å². The first-order valence-corrected chi connectivity index (χ1v) is 18.0. The van der Waals surface area contributed by atoms with E-state index in [0.717, 1.165) is 47.5 Å². The van der Waals surface area contributed by atoms with Crippen molar-refractivity contribution in [1.82, 2.24) is 29.5 Å². The Morgan fingerprint density at radius 2 is 1.65 bits per heavy atom. The van der Waals surface area contributed by atoms with E-state index in [4.69, 9.17) is 11.6 Å². The van der Waals surface area contributed by atoms with Crippen LogP contribution in [0.1, 0.15) is 54.4 Å². The molecule has 1 aliphatic heterocycles. The Morgan fingerprint density at radius 1 is 0.980 bits per heavy atom. The number of nitrogens with one attached hydrogen (secondary N) is 1. The molecule has 1 atom stereocenters. The zero-order valence-corrected chi connectivity index (χ0v) is 29.1. The maximum absolute atomic E-state index is 14.3. The number of benzene rings is 3. The van der Waals surface area contributed by atoms with Gasteiger partial charge >= 0.3 is 0 Å². The Balaban J connectivity index is 1.26. The Hall–Kier alpha value is -4.25. The summed E-state index contributed by atoms with van der Waals surface area (Å²) >= 11 is 7.45. The molecule has 49 heavy (non-hydrogen) atoms. The number of thioether (sulfide) groups is 1. The van der Waals surface area contributed by atoms with Gasteiger partial charge in [0, 0.05) is 54.3 Å². The highest BCUT2D eigenvalue weighted by molar-refractivity contribution is 7.98. The molecule has 1 fully saturated rings. The fraction of sp³-hybridized carbons (Fsp3) is 0.316. The van der Waals surface area contributed by atoms with Gasteiger partial charge in [0.1, 0.15) is 12.4 Å². The van der Waals surface area contributed by atoms with Crippen molar-refractivity contribution in [3.63, 3.8) is 0 Å². The molecule has 254 valence electrons. The summed E-state index contributed by atoms with van der Waals surface area (Å²) in [7, 11) is 0. The van der Waals surface area contributed by atoms with Crippen LogP contribution in [0.5, 0.6) is 0 Å². The number of likely N-dealkylation sites (tertiary alicyclic amines) is 1.